The van der Waals surface area contributed by atoms with Gasteiger partial charge in [0.25, 0.3) is 0 Å². The minimum absolute atomic E-state index is 0.496. The highest BCUT2D eigenvalue weighted by Crippen LogP contribution is 2.24. The lowest BCUT2D eigenvalue weighted by atomic mass is 10.2. The predicted molar refractivity (Wildman–Crippen MR) is 88.6 cm³/mol. The van der Waals surface area contributed by atoms with Gasteiger partial charge in [-0.25, -0.2) is 0 Å². The first-order chi connectivity index (χ1) is 9.69. The van der Waals surface area contributed by atoms with Gasteiger partial charge in [-0.2, -0.15) is 0 Å². The van der Waals surface area contributed by atoms with Crippen molar-refractivity contribution in [2.45, 2.75) is 6.54 Å². The first kappa shape index (κ1) is 14.9. The molecule has 0 saturated carbocycles. The van der Waals surface area contributed by atoms with Crippen molar-refractivity contribution < 1.29 is 4.74 Å². The van der Waals surface area contributed by atoms with Gasteiger partial charge in [-0.05, 0) is 42.5 Å². The first-order valence-corrected chi connectivity index (χ1v) is 7.37. The van der Waals surface area contributed by atoms with Crippen molar-refractivity contribution in [3.8, 4) is 5.75 Å². The van der Waals surface area contributed by atoms with Crippen molar-refractivity contribution in [2.75, 3.05) is 11.9 Å². The molecule has 2 nitrogen and oxygen atoms in total. The molecular weight excluding hydrogens is 338 g/mol. The van der Waals surface area contributed by atoms with E-state index < -0.39 is 0 Å². The first-order valence-electron chi connectivity index (χ1n) is 6.20. The maximum atomic E-state index is 5.87. The van der Waals surface area contributed by atoms with E-state index >= 15 is 0 Å². The lowest BCUT2D eigenvalue weighted by Crippen LogP contribution is -2.03. The van der Waals surface area contributed by atoms with Crippen LogP contribution in [0.5, 0.6) is 5.75 Å². The maximum absolute atomic E-state index is 5.87. The molecule has 0 fully saturated rings. The summed E-state index contributed by atoms with van der Waals surface area (Å²) in [5.41, 5.74) is 2.10. The molecule has 0 saturated heterocycles. The lowest BCUT2D eigenvalue weighted by Gasteiger charge is -2.12. The molecule has 0 aliphatic carbocycles. The normalized spacial score (nSPS) is 10.1. The second-order valence-electron chi connectivity index (χ2n) is 4.21. The van der Waals surface area contributed by atoms with Gasteiger partial charge in [0.2, 0.25) is 0 Å². The topological polar surface area (TPSA) is 21.3 Å². The average Bonchev–Trinajstić information content (AvgIpc) is 2.46. The van der Waals surface area contributed by atoms with Crippen molar-refractivity contribution in [1.82, 2.24) is 0 Å². The molecule has 4 heteroatoms. The van der Waals surface area contributed by atoms with Crippen LogP contribution in [0.2, 0.25) is 5.02 Å². The number of ether oxygens (including phenoxy) is 1. The summed E-state index contributed by atoms with van der Waals surface area (Å²) in [5.74, 6) is 0.856. The van der Waals surface area contributed by atoms with E-state index in [1.54, 1.807) is 6.08 Å². The predicted octanol–water partition coefficient (Wildman–Crippen LogP) is 5.28. The van der Waals surface area contributed by atoms with Crippen LogP contribution in [-0.4, -0.2) is 6.61 Å². The zero-order valence-electron chi connectivity index (χ0n) is 10.9. The van der Waals surface area contributed by atoms with E-state index in [0.717, 1.165) is 26.5 Å². The number of anilines is 1. The number of rotatable bonds is 6. The molecule has 1 N–H and O–H groups in total. The quantitative estimate of drug-likeness (QED) is 0.714. The van der Waals surface area contributed by atoms with E-state index in [0.29, 0.717) is 13.2 Å². The SMILES string of the molecule is C=CCOc1ccc(Br)cc1CNc1ccc(Cl)cc1. The summed E-state index contributed by atoms with van der Waals surface area (Å²) < 4.78 is 6.67. The summed E-state index contributed by atoms with van der Waals surface area (Å²) in [7, 11) is 0. The van der Waals surface area contributed by atoms with E-state index in [9.17, 15) is 0 Å². The van der Waals surface area contributed by atoms with Gasteiger partial charge in [0.15, 0.2) is 0 Å². The molecule has 0 aromatic heterocycles. The number of hydrogen-bond acceptors (Lipinski definition) is 2. The molecule has 0 atom stereocenters. The van der Waals surface area contributed by atoms with Gasteiger partial charge in [-0.15, -0.1) is 0 Å². The zero-order chi connectivity index (χ0) is 14.4. The molecular formula is C16H15BrClNO. The Hall–Kier alpha value is -1.45. The van der Waals surface area contributed by atoms with Gasteiger partial charge >= 0.3 is 0 Å². The molecule has 2 aromatic rings. The van der Waals surface area contributed by atoms with E-state index in [-0.39, 0.29) is 0 Å². The molecule has 0 aliphatic heterocycles. The molecule has 0 aliphatic rings. The van der Waals surface area contributed by atoms with Crippen LogP contribution in [0.3, 0.4) is 0 Å². The van der Waals surface area contributed by atoms with Crippen LogP contribution in [-0.2, 0) is 6.54 Å². The summed E-state index contributed by atoms with van der Waals surface area (Å²) in [6.07, 6.45) is 1.73. The Morgan fingerprint density at radius 1 is 1.20 bits per heavy atom. The molecule has 0 heterocycles. The van der Waals surface area contributed by atoms with Crippen molar-refractivity contribution in [3.63, 3.8) is 0 Å². The van der Waals surface area contributed by atoms with Crippen LogP contribution < -0.4 is 10.1 Å². The fourth-order valence-electron chi connectivity index (χ4n) is 1.74. The van der Waals surface area contributed by atoms with Crippen molar-refractivity contribution in [3.05, 3.63) is 70.2 Å². The Morgan fingerprint density at radius 3 is 2.65 bits per heavy atom. The van der Waals surface area contributed by atoms with Gasteiger partial charge in [-0.1, -0.05) is 40.2 Å². The number of hydrogen-bond donors (Lipinski definition) is 1. The molecule has 104 valence electrons. The fraction of sp³-hybridized carbons (Fsp3) is 0.125. The van der Waals surface area contributed by atoms with Crippen LogP contribution in [0, 0.1) is 0 Å². The standard InChI is InChI=1S/C16H15BrClNO/c1-2-9-20-16-8-3-13(17)10-12(16)11-19-15-6-4-14(18)5-7-15/h2-8,10,19H,1,9,11H2. The van der Waals surface area contributed by atoms with Gasteiger partial charge in [0.1, 0.15) is 12.4 Å². The summed E-state index contributed by atoms with van der Waals surface area (Å²) in [5, 5.41) is 4.08. The smallest absolute Gasteiger partial charge is 0.124 e. The molecule has 2 aromatic carbocycles. The van der Waals surface area contributed by atoms with Crippen molar-refractivity contribution >= 4 is 33.2 Å². The third-order valence-electron chi connectivity index (χ3n) is 2.71. The largest absolute Gasteiger partial charge is 0.489 e. The lowest BCUT2D eigenvalue weighted by molar-refractivity contribution is 0.359. The number of halogens is 2. The second kappa shape index (κ2) is 7.36. The molecule has 0 radical (unpaired) electrons. The molecule has 20 heavy (non-hydrogen) atoms. The minimum Gasteiger partial charge on any atom is -0.489 e. The van der Waals surface area contributed by atoms with Crippen LogP contribution in [0.25, 0.3) is 0 Å². The number of nitrogens with one attached hydrogen (secondary N) is 1. The van der Waals surface area contributed by atoms with Crippen LogP contribution >= 0.6 is 27.5 Å². The molecule has 0 amide bonds. The molecule has 0 unspecified atom stereocenters. The van der Waals surface area contributed by atoms with Crippen LogP contribution in [0.15, 0.2) is 59.6 Å². The van der Waals surface area contributed by atoms with Crippen LogP contribution in [0.4, 0.5) is 5.69 Å². The Morgan fingerprint density at radius 2 is 1.95 bits per heavy atom. The van der Waals surface area contributed by atoms with E-state index in [2.05, 4.69) is 27.8 Å². The van der Waals surface area contributed by atoms with Gasteiger partial charge in [-0.3, -0.25) is 0 Å². The van der Waals surface area contributed by atoms with E-state index in [1.807, 2.05) is 42.5 Å². The van der Waals surface area contributed by atoms with Gasteiger partial charge in [0, 0.05) is 27.3 Å². The molecule has 0 spiro atoms. The monoisotopic (exact) mass is 351 g/mol. The summed E-state index contributed by atoms with van der Waals surface area (Å²) in [4.78, 5) is 0. The number of benzene rings is 2. The minimum atomic E-state index is 0.496. The highest BCUT2D eigenvalue weighted by Gasteiger charge is 2.04. The maximum Gasteiger partial charge on any atom is 0.124 e. The zero-order valence-corrected chi connectivity index (χ0v) is 13.2. The fourth-order valence-corrected chi connectivity index (χ4v) is 2.28. The Bertz CT molecular complexity index is 584. The van der Waals surface area contributed by atoms with E-state index in [1.165, 1.54) is 0 Å². The highest BCUT2D eigenvalue weighted by molar-refractivity contribution is 9.10. The average molecular weight is 353 g/mol. The summed E-state index contributed by atoms with van der Waals surface area (Å²) in [6, 6.07) is 13.6. The second-order valence-corrected chi connectivity index (χ2v) is 5.56. The van der Waals surface area contributed by atoms with Gasteiger partial charge < -0.3 is 10.1 Å². The van der Waals surface area contributed by atoms with Crippen molar-refractivity contribution in [1.29, 1.82) is 0 Å². The summed E-state index contributed by atoms with van der Waals surface area (Å²) >= 11 is 9.35. The Labute approximate surface area is 132 Å². The van der Waals surface area contributed by atoms with Gasteiger partial charge in [0.05, 0.1) is 0 Å². The Balaban J connectivity index is 2.09. The van der Waals surface area contributed by atoms with Crippen molar-refractivity contribution in [2.24, 2.45) is 0 Å². The third-order valence-corrected chi connectivity index (χ3v) is 3.45. The molecule has 2 rings (SSSR count). The molecule has 0 bridgehead atoms. The highest BCUT2D eigenvalue weighted by atomic mass is 79.9. The third kappa shape index (κ3) is 4.29. The summed E-state index contributed by atoms with van der Waals surface area (Å²) in [6.45, 7) is 4.83. The Kier molecular flexibility index (Phi) is 5.50. The van der Waals surface area contributed by atoms with E-state index in [4.69, 9.17) is 16.3 Å². The van der Waals surface area contributed by atoms with Crippen LogP contribution in [0.1, 0.15) is 5.56 Å².